The van der Waals surface area contributed by atoms with Crippen molar-refractivity contribution in [2.45, 2.75) is 26.3 Å². The van der Waals surface area contributed by atoms with E-state index in [1.165, 1.54) is 10.8 Å². The van der Waals surface area contributed by atoms with Gasteiger partial charge in [-0.05, 0) is 25.5 Å². The first kappa shape index (κ1) is 22.1. The number of halogens is 3. The van der Waals surface area contributed by atoms with E-state index in [1.807, 2.05) is 0 Å². The standard InChI is InChI=1S/C20H16ClF2N9O/c1-8-3-4-11(21)15-13(8)19(33)32(12-5-6-26-31-12)18(28-15)9(2)27-17-10(7-24)14(16(22)23)29-20(25)30-17/h3-6,9,16H,1-2H3,(H,26,31)(H3,25,27,29,30)/t9-/m0/s1. The van der Waals surface area contributed by atoms with Crippen LogP contribution in [0.2, 0.25) is 5.02 Å². The third kappa shape index (κ3) is 3.83. The van der Waals surface area contributed by atoms with E-state index in [4.69, 9.17) is 17.3 Å². The van der Waals surface area contributed by atoms with Crippen molar-refractivity contribution in [2.75, 3.05) is 11.1 Å². The summed E-state index contributed by atoms with van der Waals surface area (Å²) < 4.78 is 28.1. The van der Waals surface area contributed by atoms with Gasteiger partial charge in [0.05, 0.1) is 28.2 Å². The minimum absolute atomic E-state index is 0.170. The molecule has 0 spiro atoms. The van der Waals surface area contributed by atoms with Crippen LogP contribution in [0.1, 0.15) is 42.0 Å². The molecule has 0 aliphatic rings. The molecule has 0 aliphatic heterocycles. The van der Waals surface area contributed by atoms with E-state index < -0.39 is 35.2 Å². The fourth-order valence-electron chi connectivity index (χ4n) is 3.46. The number of aromatic nitrogens is 6. The quantitative estimate of drug-likeness (QED) is 0.400. The average Bonchev–Trinajstić information content (AvgIpc) is 3.29. The zero-order valence-corrected chi connectivity index (χ0v) is 18.0. The number of hydrogen-bond donors (Lipinski definition) is 3. The summed E-state index contributed by atoms with van der Waals surface area (Å²) in [6, 6.07) is 5.78. The van der Waals surface area contributed by atoms with Gasteiger partial charge in [-0.15, -0.1) is 0 Å². The summed E-state index contributed by atoms with van der Waals surface area (Å²) in [6.07, 6.45) is -1.57. The van der Waals surface area contributed by atoms with Gasteiger partial charge in [0, 0.05) is 6.07 Å². The molecule has 0 aliphatic carbocycles. The van der Waals surface area contributed by atoms with Crippen LogP contribution in [0, 0.1) is 18.3 Å². The van der Waals surface area contributed by atoms with Gasteiger partial charge in [0.25, 0.3) is 12.0 Å². The molecule has 4 N–H and O–H groups in total. The number of aromatic amines is 1. The first-order chi connectivity index (χ1) is 15.7. The highest BCUT2D eigenvalue weighted by Gasteiger charge is 2.25. The molecule has 33 heavy (non-hydrogen) atoms. The second-order valence-corrected chi connectivity index (χ2v) is 7.52. The van der Waals surface area contributed by atoms with Crippen molar-refractivity contribution in [3.8, 4) is 11.9 Å². The average molecular weight is 472 g/mol. The number of nitriles is 1. The van der Waals surface area contributed by atoms with Gasteiger partial charge in [-0.2, -0.15) is 15.3 Å². The molecule has 0 unspecified atom stereocenters. The van der Waals surface area contributed by atoms with Gasteiger partial charge in [-0.25, -0.2) is 23.3 Å². The molecule has 0 saturated carbocycles. The molecule has 10 nitrogen and oxygen atoms in total. The highest BCUT2D eigenvalue weighted by atomic mass is 35.5. The topological polar surface area (TPSA) is 151 Å². The Labute approximate surface area is 190 Å². The van der Waals surface area contributed by atoms with Gasteiger partial charge < -0.3 is 11.1 Å². The van der Waals surface area contributed by atoms with Gasteiger partial charge >= 0.3 is 0 Å². The number of alkyl halides is 2. The number of hydrogen-bond acceptors (Lipinski definition) is 8. The van der Waals surface area contributed by atoms with Gasteiger partial charge in [-0.3, -0.25) is 9.89 Å². The highest BCUT2D eigenvalue weighted by Crippen LogP contribution is 2.29. The monoisotopic (exact) mass is 471 g/mol. The van der Waals surface area contributed by atoms with Crippen LogP contribution in [0.5, 0.6) is 0 Å². The summed E-state index contributed by atoms with van der Waals surface area (Å²) in [5.41, 5.74) is 4.85. The summed E-state index contributed by atoms with van der Waals surface area (Å²) in [7, 11) is 0. The number of rotatable bonds is 5. The third-order valence-corrected chi connectivity index (χ3v) is 5.25. The fourth-order valence-corrected chi connectivity index (χ4v) is 3.66. The van der Waals surface area contributed by atoms with E-state index in [2.05, 4.69) is 30.5 Å². The largest absolute Gasteiger partial charge is 0.368 e. The normalized spacial score (nSPS) is 12.2. The smallest absolute Gasteiger partial charge is 0.281 e. The van der Waals surface area contributed by atoms with Crippen LogP contribution in [0.25, 0.3) is 16.7 Å². The Hall–Kier alpha value is -4.11. The number of fused-ring (bicyclic) bond motifs is 1. The summed E-state index contributed by atoms with van der Waals surface area (Å²) >= 11 is 6.32. The Morgan fingerprint density at radius 3 is 2.67 bits per heavy atom. The number of nitrogens with one attached hydrogen (secondary N) is 2. The fraction of sp³-hybridized carbons (Fsp3) is 0.200. The lowest BCUT2D eigenvalue weighted by atomic mass is 10.1. The van der Waals surface area contributed by atoms with Crippen molar-refractivity contribution in [2.24, 2.45) is 0 Å². The molecule has 0 radical (unpaired) electrons. The summed E-state index contributed by atoms with van der Waals surface area (Å²) in [5.74, 6) is -0.152. The van der Waals surface area contributed by atoms with Crippen molar-refractivity contribution in [3.05, 3.63) is 62.4 Å². The zero-order chi connectivity index (χ0) is 23.9. The molecule has 13 heteroatoms. The van der Waals surface area contributed by atoms with Crippen LogP contribution in [-0.4, -0.2) is 29.7 Å². The van der Waals surface area contributed by atoms with Gasteiger partial charge in [-0.1, -0.05) is 17.7 Å². The van der Waals surface area contributed by atoms with Crippen molar-refractivity contribution in [1.29, 1.82) is 5.26 Å². The minimum Gasteiger partial charge on any atom is -0.368 e. The maximum atomic E-state index is 13.5. The van der Waals surface area contributed by atoms with Crippen LogP contribution in [0.15, 0.2) is 29.2 Å². The maximum Gasteiger partial charge on any atom is 0.281 e. The second kappa shape index (κ2) is 8.44. The van der Waals surface area contributed by atoms with Crippen molar-refractivity contribution in [3.63, 3.8) is 0 Å². The number of anilines is 2. The lowest BCUT2D eigenvalue weighted by Crippen LogP contribution is -2.28. The number of nitrogens with zero attached hydrogens (tertiary/aromatic N) is 6. The van der Waals surface area contributed by atoms with E-state index in [1.54, 1.807) is 38.1 Å². The van der Waals surface area contributed by atoms with Crippen LogP contribution in [-0.2, 0) is 0 Å². The summed E-state index contributed by atoms with van der Waals surface area (Å²) in [5, 5.41) is 19.5. The molecular weight excluding hydrogens is 456 g/mol. The van der Waals surface area contributed by atoms with Crippen LogP contribution in [0.4, 0.5) is 20.5 Å². The number of benzene rings is 1. The van der Waals surface area contributed by atoms with E-state index in [9.17, 15) is 18.8 Å². The molecule has 1 atom stereocenters. The van der Waals surface area contributed by atoms with Crippen LogP contribution >= 0.6 is 11.6 Å². The van der Waals surface area contributed by atoms with Crippen LogP contribution < -0.4 is 16.6 Å². The summed E-state index contributed by atoms with van der Waals surface area (Å²) in [6.45, 7) is 3.38. The molecular formula is C20H16ClF2N9O. The van der Waals surface area contributed by atoms with Gasteiger partial charge in [0.1, 0.15) is 29.0 Å². The molecule has 0 amide bonds. The molecule has 4 rings (SSSR count). The number of aryl methyl sites for hydroxylation is 1. The van der Waals surface area contributed by atoms with Crippen molar-refractivity contribution < 1.29 is 8.78 Å². The molecule has 3 aromatic heterocycles. The molecule has 0 fully saturated rings. The molecule has 168 valence electrons. The Morgan fingerprint density at radius 2 is 2.03 bits per heavy atom. The molecule has 0 bridgehead atoms. The van der Waals surface area contributed by atoms with E-state index >= 15 is 0 Å². The van der Waals surface area contributed by atoms with Gasteiger partial charge in [0.15, 0.2) is 5.82 Å². The summed E-state index contributed by atoms with van der Waals surface area (Å²) in [4.78, 5) is 25.5. The van der Waals surface area contributed by atoms with Crippen molar-refractivity contribution in [1.82, 2.24) is 29.7 Å². The number of H-pyrrole nitrogens is 1. The first-order valence-electron chi connectivity index (χ1n) is 9.56. The van der Waals surface area contributed by atoms with E-state index in [0.29, 0.717) is 16.8 Å². The van der Waals surface area contributed by atoms with Crippen LogP contribution in [0.3, 0.4) is 0 Å². The number of nitrogens with two attached hydrogens (primary N) is 1. The Morgan fingerprint density at radius 1 is 1.27 bits per heavy atom. The predicted molar refractivity (Wildman–Crippen MR) is 117 cm³/mol. The molecule has 0 saturated heterocycles. The predicted octanol–water partition coefficient (Wildman–Crippen LogP) is 3.43. The Balaban J connectivity index is 1.94. The lowest BCUT2D eigenvalue weighted by Gasteiger charge is -2.20. The first-order valence-corrected chi connectivity index (χ1v) is 9.94. The third-order valence-electron chi connectivity index (χ3n) is 4.95. The van der Waals surface area contributed by atoms with E-state index in [0.717, 1.165) is 0 Å². The highest BCUT2D eigenvalue weighted by molar-refractivity contribution is 6.35. The van der Waals surface area contributed by atoms with Gasteiger partial charge in [0.2, 0.25) is 5.95 Å². The Kier molecular flexibility index (Phi) is 5.65. The maximum absolute atomic E-state index is 13.5. The molecule has 1 aromatic carbocycles. The number of nitrogen functional groups attached to an aromatic ring is 1. The minimum atomic E-state index is -3.04. The van der Waals surface area contributed by atoms with E-state index in [-0.39, 0.29) is 22.2 Å². The second-order valence-electron chi connectivity index (χ2n) is 7.11. The SMILES string of the molecule is Cc1ccc(Cl)c2nc([C@H](C)Nc3nc(N)nc(C(F)F)c3C#N)n(-c3ccn[nH]3)c(=O)c12. The van der Waals surface area contributed by atoms with Crippen molar-refractivity contribution >= 4 is 34.3 Å². The Bertz CT molecular complexity index is 1460. The lowest BCUT2D eigenvalue weighted by molar-refractivity contribution is 0.146. The zero-order valence-electron chi connectivity index (χ0n) is 17.3. The molecule has 4 aromatic rings. The molecule has 3 heterocycles.